The topological polar surface area (TPSA) is 21.3 Å². The van der Waals surface area contributed by atoms with Crippen molar-refractivity contribution in [3.05, 3.63) is 35.9 Å². The van der Waals surface area contributed by atoms with Crippen LogP contribution in [0.15, 0.2) is 30.3 Å². The molecule has 1 aromatic carbocycles. The largest absolute Gasteiger partial charge is 0.383 e. The van der Waals surface area contributed by atoms with E-state index >= 15 is 0 Å². The first-order chi connectivity index (χ1) is 8.77. The van der Waals surface area contributed by atoms with Gasteiger partial charge >= 0.3 is 0 Å². The van der Waals surface area contributed by atoms with E-state index in [4.69, 9.17) is 4.74 Å². The van der Waals surface area contributed by atoms with E-state index in [0.29, 0.717) is 12.0 Å². The van der Waals surface area contributed by atoms with Gasteiger partial charge in [-0.2, -0.15) is 0 Å². The van der Waals surface area contributed by atoms with Crippen molar-refractivity contribution in [2.45, 2.75) is 45.1 Å². The highest BCUT2D eigenvalue weighted by Gasteiger charge is 2.08. The first-order valence-corrected chi connectivity index (χ1v) is 7.05. The van der Waals surface area contributed by atoms with Crippen LogP contribution in [-0.2, 0) is 4.74 Å². The van der Waals surface area contributed by atoms with Crippen molar-refractivity contribution in [3.63, 3.8) is 0 Å². The maximum absolute atomic E-state index is 5.24. The van der Waals surface area contributed by atoms with Gasteiger partial charge in [0.25, 0.3) is 0 Å². The lowest BCUT2D eigenvalue weighted by molar-refractivity contribution is 0.161. The Morgan fingerprint density at radius 3 is 2.50 bits per heavy atom. The van der Waals surface area contributed by atoms with E-state index in [-0.39, 0.29) is 0 Å². The van der Waals surface area contributed by atoms with E-state index in [2.05, 4.69) is 49.5 Å². The number of benzene rings is 1. The average Bonchev–Trinajstić information content (AvgIpc) is 2.40. The molecule has 0 amide bonds. The minimum atomic E-state index is 0.503. The van der Waals surface area contributed by atoms with E-state index < -0.39 is 0 Å². The molecule has 18 heavy (non-hydrogen) atoms. The highest BCUT2D eigenvalue weighted by Crippen LogP contribution is 2.17. The zero-order valence-electron chi connectivity index (χ0n) is 12.0. The summed E-state index contributed by atoms with van der Waals surface area (Å²) in [5.74, 6) is 0.614. The highest BCUT2D eigenvalue weighted by molar-refractivity contribution is 5.18. The number of methoxy groups -OCH3 is 1. The van der Waals surface area contributed by atoms with Crippen molar-refractivity contribution < 1.29 is 4.74 Å². The molecule has 0 saturated heterocycles. The van der Waals surface area contributed by atoms with Crippen molar-refractivity contribution in [2.75, 3.05) is 20.3 Å². The first-order valence-electron chi connectivity index (χ1n) is 7.05. The maximum atomic E-state index is 5.24. The van der Waals surface area contributed by atoms with E-state index in [0.717, 1.165) is 13.2 Å². The van der Waals surface area contributed by atoms with Gasteiger partial charge in [0.1, 0.15) is 0 Å². The smallest absolute Gasteiger partial charge is 0.0615 e. The third kappa shape index (κ3) is 5.65. The molecule has 1 rings (SSSR count). The summed E-state index contributed by atoms with van der Waals surface area (Å²) in [5, 5.41) is 3.60. The fourth-order valence-electron chi connectivity index (χ4n) is 2.25. The lowest BCUT2D eigenvalue weighted by Gasteiger charge is -2.19. The summed E-state index contributed by atoms with van der Waals surface area (Å²) in [7, 11) is 1.77. The molecule has 2 heteroatoms. The third-order valence-corrected chi connectivity index (χ3v) is 3.38. The molecule has 0 aliphatic carbocycles. The van der Waals surface area contributed by atoms with Crippen LogP contribution in [0.1, 0.15) is 44.6 Å². The van der Waals surface area contributed by atoms with Crippen LogP contribution in [0.3, 0.4) is 0 Å². The molecule has 1 aromatic rings. The Morgan fingerprint density at radius 2 is 1.89 bits per heavy atom. The second kappa shape index (κ2) is 9.12. The van der Waals surface area contributed by atoms with Gasteiger partial charge in [0.2, 0.25) is 0 Å². The fraction of sp³-hybridized carbons (Fsp3) is 0.625. The van der Waals surface area contributed by atoms with Crippen LogP contribution in [0, 0.1) is 0 Å². The van der Waals surface area contributed by atoms with Crippen molar-refractivity contribution in [1.29, 1.82) is 0 Å². The molecule has 2 unspecified atom stereocenters. The second-order valence-corrected chi connectivity index (χ2v) is 5.00. The van der Waals surface area contributed by atoms with Crippen molar-refractivity contribution in [3.8, 4) is 0 Å². The van der Waals surface area contributed by atoms with Gasteiger partial charge in [-0.25, -0.2) is 0 Å². The Morgan fingerprint density at radius 1 is 1.17 bits per heavy atom. The van der Waals surface area contributed by atoms with Gasteiger partial charge in [-0.3, -0.25) is 0 Å². The Labute approximate surface area is 112 Å². The number of nitrogens with one attached hydrogen (secondary N) is 1. The summed E-state index contributed by atoms with van der Waals surface area (Å²) in [5.41, 5.74) is 1.43. The van der Waals surface area contributed by atoms with Gasteiger partial charge < -0.3 is 10.1 Å². The predicted molar refractivity (Wildman–Crippen MR) is 78.0 cm³/mol. The number of hydrogen-bond acceptors (Lipinski definition) is 2. The summed E-state index contributed by atoms with van der Waals surface area (Å²) < 4.78 is 5.24. The molecule has 0 aliphatic rings. The fourth-order valence-corrected chi connectivity index (χ4v) is 2.25. The molecule has 2 atom stereocenters. The van der Waals surface area contributed by atoms with E-state index in [1.807, 2.05) is 0 Å². The molecule has 0 aromatic heterocycles. The summed E-state index contributed by atoms with van der Waals surface area (Å²) in [4.78, 5) is 0. The molecule has 0 bridgehead atoms. The number of rotatable bonds is 9. The lowest BCUT2D eigenvalue weighted by Crippen LogP contribution is -2.34. The summed E-state index contributed by atoms with van der Waals surface area (Å²) in [6.07, 6.45) is 3.57. The maximum Gasteiger partial charge on any atom is 0.0615 e. The molecule has 102 valence electrons. The highest BCUT2D eigenvalue weighted by atomic mass is 16.5. The van der Waals surface area contributed by atoms with Crippen LogP contribution in [-0.4, -0.2) is 26.3 Å². The van der Waals surface area contributed by atoms with E-state index in [9.17, 15) is 0 Å². The molecule has 1 N–H and O–H groups in total. The van der Waals surface area contributed by atoms with Gasteiger partial charge in [0.15, 0.2) is 0 Å². The van der Waals surface area contributed by atoms with Crippen molar-refractivity contribution in [1.82, 2.24) is 5.32 Å². The molecular weight excluding hydrogens is 222 g/mol. The van der Waals surface area contributed by atoms with Gasteiger partial charge in [0.05, 0.1) is 6.61 Å². The minimum absolute atomic E-state index is 0.503. The third-order valence-electron chi connectivity index (χ3n) is 3.38. The Bertz CT molecular complexity index is 293. The monoisotopic (exact) mass is 249 g/mol. The standard InChI is InChI=1S/C16H27NO/c1-4-8-16(13-18-3)17-12-11-14(2)15-9-6-5-7-10-15/h5-7,9-10,14,16-17H,4,8,11-13H2,1-3H3. The van der Waals surface area contributed by atoms with Crippen molar-refractivity contribution in [2.24, 2.45) is 0 Å². The Kier molecular flexibility index (Phi) is 7.70. The molecule has 0 fully saturated rings. The van der Waals surface area contributed by atoms with Gasteiger partial charge in [-0.05, 0) is 30.9 Å². The summed E-state index contributed by atoms with van der Waals surface area (Å²) >= 11 is 0. The van der Waals surface area contributed by atoms with Gasteiger partial charge in [-0.1, -0.05) is 50.6 Å². The van der Waals surface area contributed by atoms with Crippen molar-refractivity contribution >= 4 is 0 Å². The molecule has 0 aliphatic heterocycles. The molecule has 2 nitrogen and oxygen atoms in total. The number of ether oxygens (including phenoxy) is 1. The molecule has 0 radical (unpaired) electrons. The summed E-state index contributed by atoms with van der Waals surface area (Å²) in [6, 6.07) is 11.2. The van der Waals surface area contributed by atoms with Gasteiger partial charge in [0, 0.05) is 13.2 Å². The minimum Gasteiger partial charge on any atom is -0.383 e. The van der Waals surface area contributed by atoms with Crippen LogP contribution in [0.2, 0.25) is 0 Å². The van der Waals surface area contributed by atoms with E-state index in [1.54, 1.807) is 7.11 Å². The average molecular weight is 249 g/mol. The number of hydrogen-bond donors (Lipinski definition) is 1. The predicted octanol–water partition coefficient (Wildman–Crippen LogP) is 3.58. The molecule has 0 spiro atoms. The van der Waals surface area contributed by atoms with Crippen LogP contribution in [0.25, 0.3) is 0 Å². The van der Waals surface area contributed by atoms with Gasteiger partial charge in [-0.15, -0.1) is 0 Å². The quantitative estimate of drug-likeness (QED) is 0.722. The zero-order valence-corrected chi connectivity index (χ0v) is 12.0. The second-order valence-electron chi connectivity index (χ2n) is 5.00. The van der Waals surface area contributed by atoms with Crippen LogP contribution < -0.4 is 5.32 Å². The normalized spacial score (nSPS) is 14.4. The Hall–Kier alpha value is -0.860. The van der Waals surface area contributed by atoms with Crippen LogP contribution in [0.5, 0.6) is 0 Å². The zero-order chi connectivity index (χ0) is 13.2. The molecule has 0 saturated carbocycles. The summed E-state index contributed by atoms with van der Waals surface area (Å²) in [6.45, 7) is 6.39. The lowest BCUT2D eigenvalue weighted by atomic mass is 9.98. The first kappa shape index (κ1) is 15.2. The molecular formula is C16H27NO. The van der Waals surface area contributed by atoms with E-state index in [1.165, 1.54) is 24.8 Å². The molecule has 0 heterocycles. The Balaban J connectivity index is 2.27. The van der Waals surface area contributed by atoms with Crippen LogP contribution >= 0.6 is 0 Å². The SMILES string of the molecule is CCCC(COC)NCCC(C)c1ccccc1. The van der Waals surface area contributed by atoms with Crippen LogP contribution in [0.4, 0.5) is 0 Å².